The molecule has 30 heavy (non-hydrogen) atoms. The number of urea groups is 1. The first-order valence-corrected chi connectivity index (χ1v) is 10.2. The Morgan fingerprint density at radius 3 is 2.70 bits per heavy atom. The normalized spacial score (nSPS) is 17.0. The minimum absolute atomic E-state index is 0.0599. The molecule has 0 radical (unpaired) electrons. The minimum Gasteiger partial charge on any atom is -0.497 e. The SMILES string of the molecule is COc1ccc(OC)c(NC(=O)N2CCC(c3cc4n(n3)CCCNC4=O)CC2)c1. The van der Waals surface area contributed by atoms with Crippen molar-refractivity contribution in [3.8, 4) is 11.5 Å². The molecule has 1 fully saturated rings. The molecule has 2 N–H and O–H groups in total. The number of nitrogens with one attached hydrogen (secondary N) is 2. The van der Waals surface area contributed by atoms with Crippen LogP contribution >= 0.6 is 0 Å². The molecule has 2 aromatic rings. The second-order valence-corrected chi connectivity index (χ2v) is 7.54. The van der Waals surface area contributed by atoms with Gasteiger partial charge in [-0.15, -0.1) is 0 Å². The molecular weight excluding hydrogens is 386 g/mol. The number of aromatic nitrogens is 2. The van der Waals surface area contributed by atoms with Crippen molar-refractivity contribution in [3.63, 3.8) is 0 Å². The molecule has 0 unspecified atom stereocenters. The Morgan fingerprint density at radius 1 is 1.17 bits per heavy atom. The summed E-state index contributed by atoms with van der Waals surface area (Å²) in [6, 6.07) is 7.03. The highest BCUT2D eigenvalue weighted by atomic mass is 16.5. The second-order valence-electron chi connectivity index (χ2n) is 7.54. The van der Waals surface area contributed by atoms with Crippen molar-refractivity contribution in [1.29, 1.82) is 0 Å². The highest BCUT2D eigenvalue weighted by molar-refractivity contribution is 5.93. The van der Waals surface area contributed by atoms with Crippen LogP contribution in [-0.4, -0.2) is 60.5 Å². The van der Waals surface area contributed by atoms with Gasteiger partial charge in [-0.3, -0.25) is 9.48 Å². The number of piperidine rings is 1. The van der Waals surface area contributed by atoms with Gasteiger partial charge in [0.15, 0.2) is 0 Å². The summed E-state index contributed by atoms with van der Waals surface area (Å²) in [4.78, 5) is 26.7. The number of methoxy groups -OCH3 is 2. The van der Waals surface area contributed by atoms with Crippen molar-refractivity contribution in [2.45, 2.75) is 31.7 Å². The second kappa shape index (κ2) is 8.64. The van der Waals surface area contributed by atoms with Crippen LogP contribution in [0.5, 0.6) is 11.5 Å². The largest absolute Gasteiger partial charge is 0.497 e. The number of benzene rings is 1. The Kier molecular flexibility index (Phi) is 5.78. The number of anilines is 1. The fraction of sp³-hybridized carbons (Fsp3) is 0.476. The first kappa shape index (κ1) is 20.1. The summed E-state index contributed by atoms with van der Waals surface area (Å²) in [6.07, 6.45) is 2.49. The molecule has 0 spiro atoms. The highest BCUT2D eigenvalue weighted by Gasteiger charge is 2.28. The van der Waals surface area contributed by atoms with E-state index in [1.165, 1.54) is 0 Å². The lowest BCUT2D eigenvalue weighted by molar-refractivity contribution is 0.0950. The minimum atomic E-state index is -0.167. The number of amides is 3. The van der Waals surface area contributed by atoms with Gasteiger partial charge in [0.05, 0.1) is 25.6 Å². The molecule has 9 heteroatoms. The van der Waals surface area contributed by atoms with Crippen LogP contribution in [0.2, 0.25) is 0 Å². The van der Waals surface area contributed by atoms with Gasteiger partial charge < -0.3 is 25.0 Å². The van der Waals surface area contributed by atoms with E-state index in [0.29, 0.717) is 42.5 Å². The van der Waals surface area contributed by atoms with Gasteiger partial charge in [-0.2, -0.15) is 5.10 Å². The van der Waals surface area contributed by atoms with Crippen LogP contribution in [0.15, 0.2) is 24.3 Å². The van der Waals surface area contributed by atoms with Gasteiger partial charge in [-0.25, -0.2) is 4.79 Å². The molecule has 0 aliphatic carbocycles. The van der Waals surface area contributed by atoms with Gasteiger partial charge >= 0.3 is 6.03 Å². The molecule has 4 rings (SSSR count). The Bertz CT molecular complexity index is 933. The Hall–Kier alpha value is -3.23. The van der Waals surface area contributed by atoms with E-state index in [1.807, 2.05) is 10.7 Å². The summed E-state index contributed by atoms with van der Waals surface area (Å²) in [5.41, 5.74) is 2.15. The first-order chi connectivity index (χ1) is 14.6. The van der Waals surface area contributed by atoms with Crippen molar-refractivity contribution in [2.75, 3.05) is 39.2 Å². The Labute approximate surface area is 175 Å². The van der Waals surface area contributed by atoms with Gasteiger partial charge in [0.2, 0.25) is 0 Å². The van der Waals surface area contributed by atoms with Crippen molar-refractivity contribution in [3.05, 3.63) is 35.7 Å². The van der Waals surface area contributed by atoms with Crippen molar-refractivity contribution in [1.82, 2.24) is 20.0 Å². The van der Waals surface area contributed by atoms with Crippen LogP contribution < -0.4 is 20.1 Å². The maximum absolute atomic E-state index is 12.8. The van der Waals surface area contributed by atoms with Crippen molar-refractivity contribution >= 4 is 17.6 Å². The number of likely N-dealkylation sites (tertiary alicyclic amines) is 1. The molecule has 1 aromatic carbocycles. The molecule has 2 aliphatic rings. The zero-order chi connectivity index (χ0) is 21.1. The predicted octanol–water partition coefficient (Wildman–Crippen LogP) is 2.45. The fourth-order valence-electron chi connectivity index (χ4n) is 4.00. The summed E-state index contributed by atoms with van der Waals surface area (Å²) >= 11 is 0. The van der Waals surface area contributed by atoms with Crippen LogP contribution in [0.3, 0.4) is 0 Å². The fourth-order valence-corrected chi connectivity index (χ4v) is 4.00. The average Bonchev–Trinajstić information content (AvgIpc) is 3.13. The Balaban J connectivity index is 1.39. The average molecular weight is 413 g/mol. The summed E-state index contributed by atoms with van der Waals surface area (Å²) in [5, 5.41) is 10.5. The number of aryl methyl sites for hydroxylation is 1. The number of hydrogen-bond acceptors (Lipinski definition) is 5. The third-order valence-corrected chi connectivity index (χ3v) is 5.71. The van der Waals surface area contributed by atoms with E-state index >= 15 is 0 Å². The zero-order valence-electron chi connectivity index (χ0n) is 17.3. The maximum Gasteiger partial charge on any atom is 0.321 e. The van der Waals surface area contributed by atoms with Gasteiger partial charge in [-0.1, -0.05) is 0 Å². The molecule has 0 atom stereocenters. The monoisotopic (exact) mass is 413 g/mol. The van der Waals surface area contributed by atoms with Crippen LogP contribution in [0.1, 0.15) is 41.4 Å². The predicted molar refractivity (Wildman–Crippen MR) is 111 cm³/mol. The number of ether oxygens (including phenoxy) is 2. The summed E-state index contributed by atoms with van der Waals surface area (Å²) in [6.45, 7) is 2.68. The first-order valence-electron chi connectivity index (χ1n) is 10.2. The molecule has 1 aromatic heterocycles. The lowest BCUT2D eigenvalue weighted by atomic mass is 9.93. The number of carbonyl (C=O) groups is 2. The molecule has 9 nitrogen and oxygen atoms in total. The standard InChI is InChI=1S/C21H27N5O4/c1-29-15-4-5-19(30-2)17(12-15)23-21(28)25-10-6-14(7-11-25)16-13-18-20(27)22-8-3-9-26(18)24-16/h4-5,12-14H,3,6-11H2,1-2H3,(H,22,27)(H,23,28). The lowest BCUT2D eigenvalue weighted by Crippen LogP contribution is -2.40. The van der Waals surface area contributed by atoms with E-state index in [9.17, 15) is 9.59 Å². The van der Waals surface area contributed by atoms with Gasteiger partial charge in [0, 0.05) is 38.2 Å². The molecule has 0 bridgehead atoms. The molecule has 3 amide bonds. The summed E-state index contributed by atoms with van der Waals surface area (Å²) < 4.78 is 12.4. The van der Waals surface area contributed by atoms with E-state index in [0.717, 1.165) is 31.5 Å². The molecule has 2 aliphatic heterocycles. The molecule has 160 valence electrons. The summed E-state index contributed by atoms with van der Waals surface area (Å²) in [5.74, 6) is 1.41. The number of rotatable bonds is 4. The van der Waals surface area contributed by atoms with Gasteiger partial charge in [0.1, 0.15) is 17.2 Å². The number of hydrogen-bond donors (Lipinski definition) is 2. The van der Waals surface area contributed by atoms with E-state index in [2.05, 4.69) is 15.7 Å². The lowest BCUT2D eigenvalue weighted by Gasteiger charge is -2.31. The molecule has 0 saturated carbocycles. The van der Waals surface area contributed by atoms with Crippen LogP contribution in [0, 0.1) is 0 Å². The smallest absolute Gasteiger partial charge is 0.321 e. The molecule has 3 heterocycles. The number of carbonyl (C=O) groups excluding carboxylic acids is 2. The summed E-state index contributed by atoms with van der Waals surface area (Å²) in [7, 11) is 3.15. The maximum atomic E-state index is 12.8. The van der Waals surface area contributed by atoms with Crippen LogP contribution in [-0.2, 0) is 6.54 Å². The number of fused-ring (bicyclic) bond motifs is 1. The molecule has 1 saturated heterocycles. The Morgan fingerprint density at radius 2 is 1.97 bits per heavy atom. The van der Waals surface area contributed by atoms with Crippen LogP contribution in [0.25, 0.3) is 0 Å². The van der Waals surface area contributed by atoms with Gasteiger partial charge in [-0.05, 0) is 37.5 Å². The topological polar surface area (TPSA) is 97.7 Å². The van der Waals surface area contributed by atoms with Crippen molar-refractivity contribution < 1.29 is 19.1 Å². The molecular formula is C21H27N5O4. The number of nitrogens with zero attached hydrogens (tertiary/aromatic N) is 3. The van der Waals surface area contributed by atoms with E-state index in [1.54, 1.807) is 37.3 Å². The van der Waals surface area contributed by atoms with E-state index in [4.69, 9.17) is 9.47 Å². The zero-order valence-corrected chi connectivity index (χ0v) is 17.3. The van der Waals surface area contributed by atoms with E-state index < -0.39 is 0 Å². The third kappa shape index (κ3) is 4.05. The van der Waals surface area contributed by atoms with Crippen LogP contribution in [0.4, 0.5) is 10.5 Å². The van der Waals surface area contributed by atoms with Gasteiger partial charge in [0.25, 0.3) is 5.91 Å². The third-order valence-electron chi connectivity index (χ3n) is 5.71. The highest BCUT2D eigenvalue weighted by Crippen LogP contribution is 2.31. The quantitative estimate of drug-likeness (QED) is 0.802. The van der Waals surface area contributed by atoms with Crippen molar-refractivity contribution in [2.24, 2.45) is 0 Å². The van der Waals surface area contributed by atoms with E-state index in [-0.39, 0.29) is 17.9 Å².